The number of carbonyl (C=O) groups is 1. The van der Waals surface area contributed by atoms with Crippen molar-refractivity contribution in [3.05, 3.63) is 29.8 Å². The van der Waals surface area contributed by atoms with Crippen LogP contribution in [0.2, 0.25) is 0 Å². The van der Waals surface area contributed by atoms with E-state index in [0.717, 1.165) is 0 Å². The molecule has 18 heavy (non-hydrogen) atoms. The lowest BCUT2D eigenvalue weighted by molar-refractivity contribution is -0.129. The first-order chi connectivity index (χ1) is 8.52. The molecule has 0 saturated carbocycles. The Morgan fingerprint density at radius 1 is 1.28 bits per heavy atom. The van der Waals surface area contributed by atoms with E-state index in [9.17, 15) is 13.6 Å². The van der Waals surface area contributed by atoms with Gasteiger partial charge in [0, 0.05) is 13.1 Å². The molecule has 1 unspecified atom stereocenters. The molecule has 0 spiro atoms. The van der Waals surface area contributed by atoms with Gasteiger partial charge in [0.1, 0.15) is 11.3 Å². The van der Waals surface area contributed by atoms with Crippen molar-refractivity contribution in [2.75, 3.05) is 13.1 Å². The highest BCUT2D eigenvalue weighted by Crippen LogP contribution is 2.25. The summed E-state index contributed by atoms with van der Waals surface area (Å²) in [4.78, 5) is 11.9. The quantitative estimate of drug-likeness (QED) is 0.855. The molecule has 0 aliphatic carbocycles. The zero-order chi connectivity index (χ0) is 13.2. The van der Waals surface area contributed by atoms with E-state index < -0.39 is 12.2 Å². The second-order valence-electron chi connectivity index (χ2n) is 4.21. The molecule has 1 atom stereocenters. The number of carbonyl (C=O) groups excluding carboxylic acids is 1. The van der Waals surface area contributed by atoms with Gasteiger partial charge in [-0.3, -0.25) is 10.1 Å². The maximum atomic E-state index is 12.0. The predicted molar refractivity (Wildman–Crippen MR) is 61.4 cm³/mol. The van der Waals surface area contributed by atoms with Gasteiger partial charge in [-0.05, 0) is 24.6 Å². The molecule has 0 aromatic heterocycles. The Morgan fingerprint density at radius 2 is 1.94 bits per heavy atom. The molecular weight excluding hydrogens is 242 g/mol. The van der Waals surface area contributed by atoms with Gasteiger partial charge in [-0.15, -0.1) is 0 Å². The Bertz CT molecular complexity index is 436. The van der Waals surface area contributed by atoms with Crippen molar-refractivity contribution in [2.24, 2.45) is 0 Å². The first-order valence-electron chi connectivity index (χ1n) is 5.61. The highest BCUT2D eigenvalue weighted by molar-refractivity contribution is 5.88. The zero-order valence-electron chi connectivity index (χ0n) is 9.87. The average molecular weight is 256 g/mol. The van der Waals surface area contributed by atoms with Crippen molar-refractivity contribution >= 4 is 5.91 Å². The average Bonchev–Trinajstić information content (AvgIpc) is 2.33. The highest BCUT2D eigenvalue weighted by Gasteiger charge is 2.36. The molecule has 1 aliphatic heterocycles. The molecule has 4 nitrogen and oxygen atoms in total. The van der Waals surface area contributed by atoms with Crippen LogP contribution in [0, 0.1) is 0 Å². The van der Waals surface area contributed by atoms with Crippen LogP contribution in [-0.2, 0) is 10.3 Å². The summed E-state index contributed by atoms with van der Waals surface area (Å²) in [7, 11) is 0. The van der Waals surface area contributed by atoms with Crippen LogP contribution >= 0.6 is 0 Å². The summed E-state index contributed by atoms with van der Waals surface area (Å²) in [5.74, 6) is -0.0511. The minimum absolute atomic E-state index is 0.0774. The maximum Gasteiger partial charge on any atom is 0.387 e. The third kappa shape index (κ3) is 2.43. The lowest BCUT2D eigenvalue weighted by Crippen LogP contribution is -2.59. The van der Waals surface area contributed by atoms with Gasteiger partial charge < -0.3 is 10.1 Å². The molecule has 98 valence electrons. The molecule has 6 heteroatoms. The Labute approximate surface area is 103 Å². The van der Waals surface area contributed by atoms with Crippen LogP contribution < -0.4 is 15.4 Å². The van der Waals surface area contributed by atoms with E-state index in [0.29, 0.717) is 18.7 Å². The Hall–Kier alpha value is -1.69. The number of piperazine rings is 1. The number of amides is 1. The zero-order valence-corrected chi connectivity index (χ0v) is 9.87. The van der Waals surface area contributed by atoms with E-state index >= 15 is 0 Å². The number of alkyl halides is 2. The molecule has 1 aliphatic rings. The lowest BCUT2D eigenvalue weighted by atomic mass is 9.89. The van der Waals surface area contributed by atoms with E-state index in [4.69, 9.17) is 0 Å². The summed E-state index contributed by atoms with van der Waals surface area (Å²) in [5.41, 5.74) is -0.122. The molecule has 1 saturated heterocycles. The molecule has 0 radical (unpaired) electrons. The molecule has 1 heterocycles. The molecule has 0 bridgehead atoms. The monoisotopic (exact) mass is 256 g/mol. The molecule has 1 aromatic rings. The van der Waals surface area contributed by atoms with Crippen molar-refractivity contribution < 1.29 is 18.3 Å². The SMILES string of the molecule is CC1(c2ccc(OC(F)F)cc2)NCCNC1=O. The van der Waals surface area contributed by atoms with Gasteiger partial charge in [-0.1, -0.05) is 12.1 Å². The highest BCUT2D eigenvalue weighted by atomic mass is 19.3. The second-order valence-corrected chi connectivity index (χ2v) is 4.21. The van der Waals surface area contributed by atoms with Crippen LogP contribution in [0.4, 0.5) is 8.78 Å². The summed E-state index contributed by atoms with van der Waals surface area (Å²) in [6.45, 7) is 0.158. The van der Waals surface area contributed by atoms with E-state index in [1.807, 2.05) is 0 Å². The van der Waals surface area contributed by atoms with Gasteiger partial charge in [0.15, 0.2) is 0 Å². The van der Waals surface area contributed by atoms with Crippen LogP contribution in [0.15, 0.2) is 24.3 Å². The fourth-order valence-corrected chi connectivity index (χ4v) is 1.95. The second kappa shape index (κ2) is 4.89. The third-order valence-electron chi connectivity index (χ3n) is 3.00. The molecule has 2 N–H and O–H groups in total. The molecular formula is C12H14F2N2O2. The Balaban J connectivity index is 2.20. The van der Waals surface area contributed by atoms with E-state index in [1.54, 1.807) is 19.1 Å². The molecule has 1 aromatic carbocycles. The molecule has 1 amide bonds. The maximum absolute atomic E-state index is 12.0. The van der Waals surface area contributed by atoms with Crippen LogP contribution in [0.5, 0.6) is 5.75 Å². The Morgan fingerprint density at radius 3 is 2.50 bits per heavy atom. The van der Waals surface area contributed by atoms with Crippen LogP contribution in [-0.4, -0.2) is 25.6 Å². The fraction of sp³-hybridized carbons (Fsp3) is 0.417. The van der Waals surface area contributed by atoms with Crippen molar-refractivity contribution in [2.45, 2.75) is 19.1 Å². The summed E-state index contributed by atoms with van der Waals surface area (Å²) in [5, 5.41) is 5.89. The van der Waals surface area contributed by atoms with Crippen molar-refractivity contribution in [1.82, 2.24) is 10.6 Å². The topological polar surface area (TPSA) is 50.4 Å². The number of nitrogens with one attached hydrogen (secondary N) is 2. The number of ether oxygens (including phenoxy) is 1. The summed E-state index contributed by atoms with van der Waals surface area (Å²) < 4.78 is 28.3. The van der Waals surface area contributed by atoms with Crippen molar-refractivity contribution in [1.29, 1.82) is 0 Å². The van der Waals surface area contributed by atoms with Crippen LogP contribution in [0.25, 0.3) is 0 Å². The minimum Gasteiger partial charge on any atom is -0.435 e. The van der Waals surface area contributed by atoms with Crippen molar-refractivity contribution in [3.8, 4) is 5.75 Å². The lowest BCUT2D eigenvalue weighted by Gasteiger charge is -2.34. The summed E-state index contributed by atoms with van der Waals surface area (Å²) in [6, 6.07) is 6.07. The van der Waals surface area contributed by atoms with Gasteiger partial charge in [-0.25, -0.2) is 0 Å². The van der Waals surface area contributed by atoms with Gasteiger partial charge in [0.25, 0.3) is 0 Å². The first kappa shape index (κ1) is 12.8. The summed E-state index contributed by atoms with van der Waals surface area (Å²) in [6.07, 6.45) is 0. The standard InChI is InChI=1S/C12H14F2N2O2/c1-12(10(17)15-6-7-16-12)8-2-4-9(5-3-8)18-11(13)14/h2-5,11,16H,6-7H2,1H3,(H,15,17). The number of hydrogen-bond acceptors (Lipinski definition) is 3. The minimum atomic E-state index is -2.84. The largest absolute Gasteiger partial charge is 0.435 e. The first-order valence-corrected chi connectivity index (χ1v) is 5.61. The number of benzene rings is 1. The summed E-state index contributed by atoms with van der Waals surface area (Å²) >= 11 is 0. The van der Waals surface area contributed by atoms with Gasteiger partial charge in [0.05, 0.1) is 0 Å². The van der Waals surface area contributed by atoms with Gasteiger partial charge in [0.2, 0.25) is 5.91 Å². The van der Waals surface area contributed by atoms with Crippen LogP contribution in [0.3, 0.4) is 0 Å². The molecule has 2 rings (SSSR count). The van der Waals surface area contributed by atoms with Gasteiger partial charge in [-0.2, -0.15) is 8.78 Å². The third-order valence-corrected chi connectivity index (χ3v) is 3.00. The normalized spacial score (nSPS) is 23.9. The van der Waals surface area contributed by atoms with Crippen LogP contribution in [0.1, 0.15) is 12.5 Å². The predicted octanol–water partition coefficient (Wildman–Crippen LogP) is 1.22. The van der Waals surface area contributed by atoms with Crippen molar-refractivity contribution in [3.63, 3.8) is 0 Å². The van der Waals surface area contributed by atoms with E-state index in [-0.39, 0.29) is 11.7 Å². The van der Waals surface area contributed by atoms with E-state index in [1.165, 1.54) is 12.1 Å². The Kier molecular flexibility index (Phi) is 3.47. The van der Waals surface area contributed by atoms with E-state index in [2.05, 4.69) is 15.4 Å². The smallest absolute Gasteiger partial charge is 0.387 e. The number of rotatable bonds is 3. The number of halogens is 2. The van der Waals surface area contributed by atoms with Gasteiger partial charge >= 0.3 is 6.61 Å². The fourth-order valence-electron chi connectivity index (χ4n) is 1.95. The molecule has 1 fully saturated rings. The number of hydrogen-bond donors (Lipinski definition) is 2.